The van der Waals surface area contributed by atoms with Gasteiger partial charge in [-0.25, -0.2) is 8.78 Å². The maximum Gasteiger partial charge on any atom is 0.227 e. The lowest BCUT2D eigenvalue weighted by Gasteiger charge is -2.16. The molecule has 1 N–H and O–H groups in total. The number of H-pyrrole nitrogens is 1. The Morgan fingerprint density at radius 3 is 2.74 bits per heavy atom. The molecular formula is C13H13F2N3O. The average molecular weight is 265 g/mol. The van der Waals surface area contributed by atoms with Crippen LogP contribution in [0.5, 0.6) is 0 Å². The Balaban J connectivity index is 1.98. The molecule has 0 aliphatic heterocycles. The van der Waals surface area contributed by atoms with Crippen LogP contribution in [0.4, 0.5) is 8.78 Å². The van der Waals surface area contributed by atoms with Gasteiger partial charge in [0.2, 0.25) is 5.91 Å². The van der Waals surface area contributed by atoms with E-state index in [4.69, 9.17) is 0 Å². The number of aromatic nitrogens is 2. The average Bonchev–Trinajstić information content (AvgIpc) is 2.86. The molecule has 0 aliphatic carbocycles. The van der Waals surface area contributed by atoms with E-state index in [-0.39, 0.29) is 12.3 Å². The quantitative estimate of drug-likeness (QED) is 0.917. The van der Waals surface area contributed by atoms with Crippen molar-refractivity contribution in [3.63, 3.8) is 0 Å². The van der Waals surface area contributed by atoms with E-state index in [1.807, 2.05) is 0 Å². The van der Waals surface area contributed by atoms with Gasteiger partial charge in [0.25, 0.3) is 0 Å². The number of nitrogens with zero attached hydrogens (tertiary/aromatic N) is 2. The molecule has 2 aromatic rings. The molecule has 0 spiro atoms. The minimum Gasteiger partial charge on any atom is -0.341 e. The van der Waals surface area contributed by atoms with Gasteiger partial charge in [0.15, 0.2) is 11.6 Å². The molecule has 1 heterocycles. The fourth-order valence-corrected chi connectivity index (χ4v) is 1.69. The summed E-state index contributed by atoms with van der Waals surface area (Å²) in [4.78, 5) is 13.4. The van der Waals surface area contributed by atoms with Gasteiger partial charge in [0.05, 0.1) is 12.6 Å². The number of carbonyl (C=O) groups is 1. The predicted molar refractivity (Wildman–Crippen MR) is 65.1 cm³/mol. The molecule has 2 rings (SSSR count). The van der Waals surface area contributed by atoms with Crippen LogP contribution < -0.4 is 0 Å². The zero-order valence-electron chi connectivity index (χ0n) is 10.4. The zero-order valence-corrected chi connectivity index (χ0v) is 10.4. The Hall–Kier alpha value is -2.24. The molecular weight excluding hydrogens is 252 g/mol. The standard InChI is InChI=1S/C13H13F2N3O/c1-18(8-10-6-16-17-7-10)13(19)5-9-2-3-11(14)12(15)4-9/h2-4,6-7H,5,8H2,1H3,(H,16,17). The number of hydrogen-bond acceptors (Lipinski definition) is 2. The molecule has 4 nitrogen and oxygen atoms in total. The van der Waals surface area contributed by atoms with Crippen molar-refractivity contribution >= 4 is 5.91 Å². The summed E-state index contributed by atoms with van der Waals surface area (Å²) in [6, 6.07) is 3.47. The fourth-order valence-electron chi connectivity index (χ4n) is 1.69. The first-order valence-corrected chi connectivity index (χ1v) is 5.72. The number of rotatable bonds is 4. The Labute approximate surface area is 109 Å². The van der Waals surface area contributed by atoms with Gasteiger partial charge in [-0.15, -0.1) is 0 Å². The molecule has 0 saturated carbocycles. The highest BCUT2D eigenvalue weighted by Crippen LogP contribution is 2.10. The SMILES string of the molecule is CN(Cc1cn[nH]c1)C(=O)Cc1ccc(F)c(F)c1. The summed E-state index contributed by atoms with van der Waals surface area (Å²) in [6.07, 6.45) is 3.36. The summed E-state index contributed by atoms with van der Waals surface area (Å²) >= 11 is 0. The molecule has 0 radical (unpaired) electrons. The van der Waals surface area contributed by atoms with Gasteiger partial charge in [-0.1, -0.05) is 6.07 Å². The number of benzene rings is 1. The predicted octanol–water partition coefficient (Wildman–Crippen LogP) is 1.89. The van der Waals surface area contributed by atoms with Crippen molar-refractivity contribution in [2.75, 3.05) is 7.05 Å². The molecule has 0 fully saturated rings. The van der Waals surface area contributed by atoms with Gasteiger partial charge in [-0.05, 0) is 17.7 Å². The number of carbonyl (C=O) groups excluding carboxylic acids is 1. The molecule has 100 valence electrons. The molecule has 1 aromatic carbocycles. The highest BCUT2D eigenvalue weighted by atomic mass is 19.2. The van der Waals surface area contributed by atoms with E-state index in [2.05, 4.69) is 10.2 Å². The van der Waals surface area contributed by atoms with Gasteiger partial charge in [0.1, 0.15) is 0 Å². The first-order chi connectivity index (χ1) is 9.06. The third kappa shape index (κ3) is 3.37. The third-order valence-electron chi connectivity index (χ3n) is 2.74. The van der Waals surface area contributed by atoms with Crippen molar-refractivity contribution < 1.29 is 13.6 Å². The molecule has 0 bridgehead atoms. The third-order valence-corrected chi connectivity index (χ3v) is 2.74. The Morgan fingerprint density at radius 1 is 1.32 bits per heavy atom. The summed E-state index contributed by atoms with van der Waals surface area (Å²) in [7, 11) is 1.65. The van der Waals surface area contributed by atoms with Crippen molar-refractivity contribution in [3.05, 3.63) is 53.4 Å². The van der Waals surface area contributed by atoms with E-state index in [0.717, 1.165) is 17.7 Å². The number of halogens is 2. The lowest BCUT2D eigenvalue weighted by Crippen LogP contribution is -2.27. The van der Waals surface area contributed by atoms with E-state index >= 15 is 0 Å². The van der Waals surface area contributed by atoms with Crippen molar-refractivity contribution in [1.29, 1.82) is 0 Å². The van der Waals surface area contributed by atoms with Crippen molar-refractivity contribution in [2.24, 2.45) is 0 Å². The second-order valence-corrected chi connectivity index (χ2v) is 4.28. The van der Waals surface area contributed by atoms with Crippen LogP contribution >= 0.6 is 0 Å². The minimum atomic E-state index is -0.942. The highest BCUT2D eigenvalue weighted by molar-refractivity contribution is 5.78. The Bertz CT molecular complexity index is 569. The second-order valence-electron chi connectivity index (χ2n) is 4.28. The van der Waals surface area contributed by atoms with Crippen LogP contribution in [0.15, 0.2) is 30.6 Å². The molecule has 6 heteroatoms. The summed E-state index contributed by atoms with van der Waals surface area (Å²) < 4.78 is 25.8. The maximum atomic E-state index is 13.0. The Morgan fingerprint density at radius 2 is 2.11 bits per heavy atom. The van der Waals surface area contributed by atoms with Crippen molar-refractivity contribution in [2.45, 2.75) is 13.0 Å². The van der Waals surface area contributed by atoms with Gasteiger partial charge >= 0.3 is 0 Å². The molecule has 0 unspecified atom stereocenters. The first kappa shape index (κ1) is 13.2. The number of aromatic amines is 1. The van der Waals surface area contributed by atoms with E-state index in [0.29, 0.717) is 12.1 Å². The highest BCUT2D eigenvalue weighted by Gasteiger charge is 2.12. The van der Waals surface area contributed by atoms with Crippen LogP contribution in [0.3, 0.4) is 0 Å². The topological polar surface area (TPSA) is 49.0 Å². The fraction of sp³-hybridized carbons (Fsp3) is 0.231. The smallest absolute Gasteiger partial charge is 0.227 e. The first-order valence-electron chi connectivity index (χ1n) is 5.72. The summed E-state index contributed by atoms with van der Waals surface area (Å²) in [6.45, 7) is 0.416. The van der Waals surface area contributed by atoms with Gasteiger partial charge in [-0.3, -0.25) is 9.89 Å². The summed E-state index contributed by atoms with van der Waals surface area (Å²) in [5.74, 6) is -2.03. The second kappa shape index (κ2) is 5.60. The number of hydrogen-bond donors (Lipinski definition) is 1. The molecule has 0 saturated heterocycles. The van der Waals surface area contributed by atoms with Crippen LogP contribution in [0.1, 0.15) is 11.1 Å². The van der Waals surface area contributed by atoms with E-state index in [1.54, 1.807) is 19.4 Å². The molecule has 0 aliphatic rings. The van der Waals surface area contributed by atoms with Crippen LogP contribution in [0, 0.1) is 11.6 Å². The normalized spacial score (nSPS) is 10.5. The Kier molecular flexibility index (Phi) is 3.89. The largest absolute Gasteiger partial charge is 0.341 e. The van der Waals surface area contributed by atoms with Crippen LogP contribution in [0.2, 0.25) is 0 Å². The van der Waals surface area contributed by atoms with E-state index < -0.39 is 11.6 Å². The van der Waals surface area contributed by atoms with Crippen LogP contribution in [0.25, 0.3) is 0 Å². The van der Waals surface area contributed by atoms with Crippen molar-refractivity contribution in [3.8, 4) is 0 Å². The minimum absolute atomic E-state index is 0.0333. The zero-order chi connectivity index (χ0) is 13.8. The van der Waals surface area contributed by atoms with E-state index in [1.165, 1.54) is 11.0 Å². The molecule has 0 atom stereocenters. The maximum absolute atomic E-state index is 13.0. The van der Waals surface area contributed by atoms with Gasteiger partial charge in [-0.2, -0.15) is 5.10 Å². The van der Waals surface area contributed by atoms with Gasteiger partial charge < -0.3 is 4.90 Å². The lowest BCUT2D eigenvalue weighted by atomic mass is 10.1. The van der Waals surface area contributed by atoms with Crippen LogP contribution in [-0.2, 0) is 17.8 Å². The van der Waals surface area contributed by atoms with Crippen LogP contribution in [-0.4, -0.2) is 28.1 Å². The molecule has 1 aromatic heterocycles. The monoisotopic (exact) mass is 265 g/mol. The number of likely N-dealkylation sites (N-methyl/N-ethyl adjacent to an activating group) is 1. The molecule has 1 amide bonds. The lowest BCUT2D eigenvalue weighted by molar-refractivity contribution is -0.129. The number of nitrogens with one attached hydrogen (secondary N) is 1. The van der Waals surface area contributed by atoms with E-state index in [9.17, 15) is 13.6 Å². The summed E-state index contributed by atoms with van der Waals surface area (Å²) in [5.41, 5.74) is 1.32. The summed E-state index contributed by atoms with van der Waals surface area (Å²) in [5, 5.41) is 6.44. The van der Waals surface area contributed by atoms with Gasteiger partial charge in [0, 0.05) is 25.4 Å². The molecule has 19 heavy (non-hydrogen) atoms. The van der Waals surface area contributed by atoms with Crippen molar-refractivity contribution in [1.82, 2.24) is 15.1 Å². The number of amides is 1.